The number of aromatic nitrogens is 4. The number of phenols is 1. The normalized spacial score (nSPS) is 14.2. The molecular weight excluding hydrogens is 444 g/mol. The Hall–Kier alpha value is -4.59. The van der Waals surface area contributed by atoms with Crippen LogP contribution < -0.4 is 14.2 Å². The Balaban J connectivity index is 1.60. The zero-order chi connectivity index (χ0) is 24.1. The maximum atomic E-state index is 10.1. The van der Waals surface area contributed by atoms with E-state index in [4.69, 9.17) is 19.2 Å². The van der Waals surface area contributed by atoms with E-state index in [1.165, 1.54) is 5.56 Å². The smallest absolute Gasteiger partial charge is 0.228 e. The predicted octanol–water partition coefficient (Wildman–Crippen LogP) is 5.11. The Bertz CT molecular complexity index is 1580. The second-order valence-electron chi connectivity index (χ2n) is 8.40. The molecule has 0 radical (unpaired) electrons. The fourth-order valence-corrected chi connectivity index (χ4v) is 4.51. The number of hydrogen-bond donors (Lipinski definition) is 1. The van der Waals surface area contributed by atoms with Crippen molar-refractivity contribution in [2.24, 2.45) is 0 Å². The number of phenolic OH excluding ortho intramolecular Hbond substituents is 1. The number of methoxy groups -OCH3 is 2. The van der Waals surface area contributed by atoms with Gasteiger partial charge in [0.15, 0.2) is 23.0 Å². The zero-order valence-corrected chi connectivity index (χ0v) is 19.4. The van der Waals surface area contributed by atoms with Crippen LogP contribution in [-0.4, -0.2) is 38.9 Å². The van der Waals surface area contributed by atoms with Gasteiger partial charge in [0, 0.05) is 23.1 Å². The lowest BCUT2D eigenvalue weighted by Gasteiger charge is -2.28. The van der Waals surface area contributed by atoms with Gasteiger partial charge >= 0.3 is 0 Å². The van der Waals surface area contributed by atoms with Crippen molar-refractivity contribution >= 4 is 5.65 Å². The quantitative estimate of drug-likeness (QED) is 0.386. The molecule has 8 heteroatoms. The minimum absolute atomic E-state index is 0.114. The minimum atomic E-state index is -0.291. The summed E-state index contributed by atoms with van der Waals surface area (Å²) >= 11 is 0. The van der Waals surface area contributed by atoms with Crippen LogP contribution in [0.1, 0.15) is 28.2 Å². The third kappa shape index (κ3) is 3.42. The van der Waals surface area contributed by atoms with Crippen molar-refractivity contribution in [3.05, 3.63) is 89.2 Å². The number of aromatic hydroxyl groups is 1. The molecule has 6 rings (SSSR count). The van der Waals surface area contributed by atoms with Gasteiger partial charge in [-0.25, -0.2) is 14.5 Å². The number of hydrogen-bond acceptors (Lipinski definition) is 7. The van der Waals surface area contributed by atoms with Gasteiger partial charge < -0.3 is 19.3 Å². The Morgan fingerprint density at radius 2 is 1.74 bits per heavy atom. The van der Waals surface area contributed by atoms with E-state index < -0.39 is 0 Å². The van der Waals surface area contributed by atoms with Crippen LogP contribution in [0.15, 0.2) is 67.0 Å². The maximum Gasteiger partial charge on any atom is 0.228 e. The van der Waals surface area contributed by atoms with E-state index in [1.807, 2.05) is 55.5 Å². The van der Waals surface area contributed by atoms with Crippen LogP contribution in [0.2, 0.25) is 0 Å². The molecule has 1 N–H and O–H groups in total. The van der Waals surface area contributed by atoms with Crippen molar-refractivity contribution in [2.45, 2.75) is 12.8 Å². The Morgan fingerprint density at radius 1 is 0.943 bits per heavy atom. The van der Waals surface area contributed by atoms with Crippen LogP contribution in [0, 0.1) is 6.92 Å². The number of aryl methyl sites for hydroxylation is 1. The van der Waals surface area contributed by atoms with Gasteiger partial charge in [-0.1, -0.05) is 42.0 Å². The van der Waals surface area contributed by atoms with Crippen molar-refractivity contribution in [1.82, 2.24) is 19.6 Å². The molecule has 8 nitrogen and oxygen atoms in total. The number of benzene rings is 3. The van der Waals surface area contributed by atoms with Crippen molar-refractivity contribution in [2.75, 3.05) is 14.2 Å². The average molecular weight is 466 g/mol. The van der Waals surface area contributed by atoms with Crippen molar-refractivity contribution in [1.29, 1.82) is 0 Å². The van der Waals surface area contributed by atoms with Gasteiger partial charge in [-0.3, -0.25) is 0 Å². The zero-order valence-electron chi connectivity index (χ0n) is 19.4. The molecule has 0 bridgehead atoms. The third-order valence-corrected chi connectivity index (χ3v) is 6.24. The molecule has 1 atom stereocenters. The fraction of sp³-hybridized carbons (Fsp3) is 0.148. The van der Waals surface area contributed by atoms with Gasteiger partial charge in [-0.15, -0.1) is 5.10 Å². The van der Waals surface area contributed by atoms with Crippen LogP contribution in [0.25, 0.3) is 17.0 Å². The van der Waals surface area contributed by atoms with Crippen LogP contribution in [0.3, 0.4) is 0 Å². The molecule has 0 spiro atoms. The number of fused-ring (bicyclic) bond motifs is 4. The van der Waals surface area contributed by atoms with Crippen LogP contribution in [0.4, 0.5) is 0 Å². The summed E-state index contributed by atoms with van der Waals surface area (Å²) in [5.74, 6) is 2.62. The molecule has 174 valence electrons. The molecular formula is C27H22N4O4. The molecule has 0 aliphatic carbocycles. The highest BCUT2D eigenvalue weighted by atomic mass is 16.5. The van der Waals surface area contributed by atoms with Gasteiger partial charge in [0.25, 0.3) is 0 Å². The van der Waals surface area contributed by atoms with Crippen LogP contribution in [-0.2, 0) is 0 Å². The Labute approximate surface area is 201 Å². The predicted molar refractivity (Wildman–Crippen MR) is 130 cm³/mol. The first kappa shape index (κ1) is 21.0. The van der Waals surface area contributed by atoms with Gasteiger partial charge in [-0.05, 0) is 30.7 Å². The number of rotatable bonds is 4. The van der Waals surface area contributed by atoms with E-state index in [1.54, 1.807) is 37.2 Å². The second-order valence-corrected chi connectivity index (χ2v) is 8.40. The second kappa shape index (κ2) is 8.02. The largest absolute Gasteiger partial charge is 0.508 e. The summed E-state index contributed by atoms with van der Waals surface area (Å²) in [4.78, 5) is 9.44. The van der Waals surface area contributed by atoms with E-state index in [0.717, 1.165) is 22.3 Å². The summed E-state index contributed by atoms with van der Waals surface area (Å²) in [7, 11) is 3.22. The molecule has 5 aromatic rings. The van der Waals surface area contributed by atoms with Crippen LogP contribution >= 0.6 is 0 Å². The SMILES string of the molecule is COc1ccc([C@@H]2c3ccc(O)cc3Oc3ncn4nc(-c5ccc(C)cc5)nc4c32)cc1OC. The molecule has 1 aliphatic heterocycles. The number of ether oxygens (including phenoxy) is 3. The van der Waals surface area contributed by atoms with E-state index in [0.29, 0.717) is 34.6 Å². The molecule has 0 fully saturated rings. The average Bonchev–Trinajstić information content (AvgIpc) is 3.32. The van der Waals surface area contributed by atoms with Gasteiger partial charge in [-0.2, -0.15) is 0 Å². The highest BCUT2D eigenvalue weighted by Crippen LogP contribution is 2.49. The monoisotopic (exact) mass is 466 g/mol. The molecule has 35 heavy (non-hydrogen) atoms. The summed E-state index contributed by atoms with van der Waals surface area (Å²) in [5, 5.41) is 14.8. The molecule has 0 saturated carbocycles. The molecule has 2 aromatic heterocycles. The van der Waals surface area contributed by atoms with Crippen LogP contribution in [0.5, 0.6) is 28.9 Å². The van der Waals surface area contributed by atoms with E-state index >= 15 is 0 Å². The first-order valence-electron chi connectivity index (χ1n) is 11.1. The Kier molecular flexibility index (Phi) is 4.81. The highest BCUT2D eigenvalue weighted by Gasteiger charge is 2.34. The lowest BCUT2D eigenvalue weighted by atomic mass is 9.83. The molecule has 0 unspecified atom stereocenters. The van der Waals surface area contributed by atoms with Gasteiger partial charge in [0.2, 0.25) is 5.88 Å². The first-order chi connectivity index (χ1) is 17.1. The molecule has 0 amide bonds. The van der Waals surface area contributed by atoms with E-state index in [-0.39, 0.29) is 11.7 Å². The summed E-state index contributed by atoms with van der Waals surface area (Å²) in [6.07, 6.45) is 1.60. The van der Waals surface area contributed by atoms with Gasteiger partial charge in [0.1, 0.15) is 17.8 Å². The molecule has 0 saturated heterocycles. The highest BCUT2D eigenvalue weighted by molar-refractivity contribution is 5.69. The van der Waals surface area contributed by atoms with Crippen molar-refractivity contribution < 1.29 is 19.3 Å². The van der Waals surface area contributed by atoms with Gasteiger partial charge in [0.05, 0.1) is 19.8 Å². The minimum Gasteiger partial charge on any atom is -0.508 e. The first-order valence-corrected chi connectivity index (χ1v) is 11.1. The summed E-state index contributed by atoms with van der Waals surface area (Å²) in [6.45, 7) is 2.04. The molecule has 3 heterocycles. The maximum absolute atomic E-state index is 10.1. The number of nitrogens with zero attached hydrogens (tertiary/aromatic N) is 4. The van der Waals surface area contributed by atoms with E-state index in [2.05, 4.69) is 10.1 Å². The Morgan fingerprint density at radius 3 is 2.51 bits per heavy atom. The fourth-order valence-electron chi connectivity index (χ4n) is 4.51. The topological polar surface area (TPSA) is 91.0 Å². The summed E-state index contributed by atoms with van der Waals surface area (Å²) in [5.41, 5.74) is 5.31. The van der Waals surface area contributed by atoms with Crippen molar-refractivity contribution in [3.63, 3.8) is 0 Å². The van der Waals surface area contributed by atoms with E-state index in [9.17, 15) is 5.11 Å². The lowest BCUT2D eigenvalue weighted by molar-refractivity contribution is 0.354. The van der Waals surface area contributed by atoms with Crippen molar-refractivity contribution in [3.8, 4) is 40.3 Å². The summed E-state index contributed by atoms with van der Waals surface area (Å²) in [6, 6.07) is 19.0. The standard InChI is InChI=1S/C27H22N4O4/c1-15-4-6-16(7-5-15)25-29-26-24-23(17-8-11-20(33-2)22(12-17)34-3)19-10-9-18(32)13-21(19)35-27(24)28-14-31(26)30-25/h4-14,23,32H,1-3H3/t23-/m1/s1. The third-order valence-electron chi connectivity index (χ3n) is 6.24. The molecule has 3 aromatic carbocycles. The molecule has 1 aliphatic rings. The lowest BCUT2D eigenvalue weighted by Crippen LogP contribution is -2.15. The summed E-state index contributed by atoms with van der Waals surface area (Å²) < 4.78 is 18.8.